The fourth-order valence-electron chi connectivity index (χ4n) is 3.12. The topological polar surface area (TPSA) is 22.1 Å². The van der Waals surface area contributed by atoms with Crippen molar-refractivity contribution in [1.29, 1.82) is 0 Å². The summed E-state index contributed by atoms with van der Waals surface area (Å²) in [5.41, 5.74) is 3.29. The lowest BCUT2D eigenvalue weighted by molar-refractivity contribution is 0.293. The predicted molar refractivity (Wildman–Crippen MR) is 121 cm³/mol. The number of hydrogen-bond acceptors (Lipinski definition) is 2. The molecule has 0 N–H and O–H groups in total. The van der Waals surface area contributed by atoms with E-state index in [9.17, 15) is 8.78 Å². The van der Waals surface area contributed by atoms with Crippen molar-refractivity contribution in [2.45, 2.75) is 6.61 Å². The molecule has 0 unspecified atom stereocenters. The summed E-state index contributed by atoms with van der Waals surface area (Å²) in [6, 6.07) is 19.2. The lowest BCUT2D eigenvalue weighted by Crippen LogP contribution is -2.00. The Morgan fingerprint density at radius 3 is 2.03 bits per heavy atom. The van der Waals surface area contributed by atoms with Crippen molar-refractivity contribution in [3.8, 4) is 28.3 Å². The van der Waals surface area contributed by atoms with Crippen LogP contribution in [0.25, 0.3) is 22.4 Å². The number of ether oxygens (including phenoxy) is 1. The maximum Gasteiger partial charge on any atom is 0.214 e. The van der Waals surface area contributed by atoms with E-state index in [1.807, 2.05) is 18.2 Å². The maximum absolute atomic E-state index is 13.4. The molecule has 0 bridgehead atoms. The van der Waals surface area contributed by atoms with Gasteiger partial charge in [-0.25, -0.2) is 13.8 Å². The molecule has 0 atom stereocenters. The first kappa shape index (κ1) is 21.6. The predicted octanol–water partition coefficient (Wildman–Crippen LogP) is 8.23. The molecule has 31 heavy (non-hydrogen) atoms. The third kappa shape index (κ3) is 5.16. The molecule has 0 radical (unpaired) electrons. The minimum Gasteiger partial charge on any atom is -0.473 e. The van der Waals surface area contributed by atoms with Gasteiger partial charge < -0.3 is 4.74 Å². The highest BCUT2D eigenvalue weighted by molar-refractivity contribution is 6.36. The molecule has 1 aromatic heterocycles. The minimum absolute atomic E-state index is 0.0459. The largest absolute Gasteiger partial charge is 0.473 e. The standard InChI is InChI=1S/C24H14Cl3F2NO/c25-16-3-1-15(2-4-16)20-7-8-23(31-13-14-9-18(28)12-19(29)10-14)30-24(20)21-6-5-17(26)11-22(21)27/h1-12H,13H2. The van der Waals surface area contributed by atoms with Gasteiger partial charge in [-0.05, 0) is 59.7 Å². The second-order valence-electron chi connectivity index (χ2n) is 6.74. The lowest BCUT2D eigenvalue weighted by Gasteiger charge is -2.14. The first-order valence-corrected chi connectivity index (χ1v) is 10.3. The van der Waals surface area contributed by atoms with Crippen molar-refractivity contribution in [3.63, 3.8) is 0 Å². The van der Waals surface area contributed by atoms with Gasteiger partial charge in [-0.3, -0.25) is 0 Å². The van der Waals surface area contributed by atoms with Crippen molar-refractivity contribution in [2.75, 3.05) is 0 Å². The first-order valence-electron chi connectivity index (χ1n) is 9.19. The average Bonchev–Trinajstić information content (AvgIpc) is 2.72. The normalized spacial score (nSPS) is 10.9. The van der Waals surface area contributed by atoms with Gasteiger partial charge in [0.05, 0.1) is 10.7 Å². The summed E-state index contributed by atoms with van der Waals surface area (Å²) >= 11 is 18.5. The fraction of sp³-hybridized carbons (Fsp3) is 0.0417. The molecule has 7 heteroatoms. The van der Waals surface area contributed by atoms with Crippen molar-refractivity contribution in [1.82, 2.24) is 4.98 Å². The SMILES string of the molecule is Fc1cc(F)cc(COc2ccc(-c3ccc(Cl)cc3)c(-c3ccc(Cl)cc3Cl)n2)c1. The number of nitrogens with zero attached hydrogens (tertiary/aromatic N) is 1. The molecule has 0 fully saturated rings. The van der Waals surface area contributed by atoms with Gasteiger partial charge in [0.15, 0.2) is 0 Å². The van der Waals surface area contributed by atoms with Crippen LogP contribution in [-0.2, 0) is 6.61 Å². The van der Waals surface area contributed by atoms with E-state index in [2.05, 4.69) is 4.98 Å². The fourth-order valence-corrected chi connectivity index (χ4v) is 3.75. The highest BCUT2D eigenvalue weighted by atomic mass is 35.5. The van der Waals surface area contributed by atoms with Crippen LogP contribution in [0.5, 0.6) is 5.88 Å². The van der Waals surface area contributed by atoms with E-state index in [0.29, 0.717) is 31.9 Å². The maximum atomic E-state index is 13.4. The Kier molecular flexibility index (Phi) is 6.42. The summed E-state index contributed by atoms with van der Waals surface area (Å²) in [6.45, 7) is -0.0459. The van der Waals surface area contributed by atoms with Crippen LogP contribution in [0.2, 0.25) is 15.1 Å². The van der Waals surface area contributed by atoms with Gasteiger partial charge >= 0.3 is 0 Å². The quantitative estimate of drug-likeness (QED) is 0.289. The minimum atomic E-state index is -0.668. The van der Waals surface area contributed by atoms with Crippen LogP contribution in [0.15, 0.2) is 72.8 Å². The van der Waals surface area contributed by atoms with Crippen LogP contribution in [-0.4, -0.2) is 4.98 Å². The average molecular weight is 477 g/mol. The Morgan fingerprint density at radius 1 is 0.710 bits per heavy atom. The summed E-state index contributed by atoms with van der Waals surface area (Å²) < 4.78 is 32.6. The monoisotopic (exact) mass is 475 g/mol. The Balaban J connectivity index is 1.74. The summed E-state index contributed by atoms with van der Waals surface area (Å²) in [6.07, 6.45) is 0. The van der Waals surface area contributed by atoms with Crippen LogP contribution in [0.3, 0.4) is 0 Å². The third-order valence-corrected chi connectivity index (χ3v) is 5.32. The number of halogens is 5. The first-order chi connectivity index (χ1) is 14.9. The van der Waals surface area contributed by atoms with Gasteiger partial charge in [-0.15, -0.1) is 0 Å². The van der Waals surface area contributed by atoms with E-state index in [1.165, 1.54) is 12.1 Å². The molecule has 4 aromatic rings. The van der Waals surface area contributed by atoms with E-state index in [0.717, 1.165) is 17.2 Å². The summed E-state index contributed by atoms with van der Waals surface area (Å²) in [5.74, 6) is -1.06. The second kappa shape index (κ2) is 9.23. The molecule has 156 valence electrons. The van der Waals surface area contributed by atoms with Crippen LogP contribution < -0.4 is 4.74 Å². The van der Waals surface area contributed by atoms with Gasteiger partial charge in [0.2, 0.25) is 5.88 Å². The van der Waals surface area contributed by atoms with E-state index in [-0.39, 0.29) is 12.5 Å². The highest BCUT2D eigenvalue weighted by Crippen LogP contribution is 2.37. The molecule has 0 saturated carbocycles. The molecule has 3 aromatic carbocycles. The second-order valence-corrected chi connectivity index (χ2v) is 8.02. The molecular weight excluding hydrogens is 463 g/mol. The van der Waals surface area contributed by atoms with Gasteiger partial charge in [0.1, 0.15) is 18.2 Å². The van der Waals surface area contributed by atoms with E-state index in [4.69, 9.17) is 39.5 Å². The zero-order chi connectivity index (χ0) is 22.0. The number of benzene rings is 3. The molecule has 0 aliphatic carbocycles. The number of hydrogen-bond donors (Lipinski definition) is 0. The molecule has 0 aliphatic heterocycles. The zero-order valence-electron chi connectivity index (χ0n) is 15.9. The number of pyridine rings is 1. The number of aromatic nitrogens is 1. The van der Waals surface area contributed by atoms with Crippen molar-refractivity contribution >= 4 is 34.8 Å². The van der Waals surface area contributed by atoms with Gasteiger partial charge in [-0.1, -0.05) is 46.9 Å². The Labute approximate surface area is 193 Å². The van der Waals surface area contributed by atoms with Gasteiger partial charge in [0, 0.05) is 33.3 Å². The van der Waals surface area contributed by atoms with Crippen molar-refractivity contribution in [2.24, 2.45) is 0 Å². The van der Waals surface area contributed by atoms with Gasteiger partial charge in [-0.2, -0.15) is 0 Å². The number of rotatable bonds is 5. The van der Waals surface area contributed by atoms with Crippen LogP contribution in [0.1, 0.15) is 5.56 Å². The lowest BCUT2D eigenvalue weighted by atomic mass is 9.99. The molecular formula is C24H14Cl3F2NO. The van der Waals surface area contributed by atoms with Crippen molar-refractivity contribution < 1.29 is 13.5 Å². The molecule has 0 amide bonds. The third-order valence-electron chi connectivity index (χ3n) is 4.52. The molecule has 0 saturated heterocycles. The summed E-state index contributed by atoms with van der Waals surface area (Å²) in [4.78, 5) is 4.62. The van der Waals surface area contributed by atoms with Crippen LogP contribution >= 0.6 is 34.8 Å². The van der Waals surface area contributed by atoms with Gasteiger partial charge in [0.25, 0.3) is 0 Å². The van der Waals surface area contributed by atoms with Crippen LogP contribution in [0.4, 0.5) is 8.78 Å². The zero-order valence-corrected chi connectivity index (χ0v) is 18.1. The molecule has 2 nitrogen and oxygen atoms in total. The summed E-state index contributed by atoms with van der Waals surface area (Å²) in [5, 5.41) is 1.55. The summed E-state index contributed by atoms with van der Waals surface area (Å²) in [7, 11) is 0. The highest BCUT2D eigenvalue weighted by Gasteiger charge is 2.15. The van der Waals surface area contributed by atoms with E-state index < -0.39 is 11.6 Å². The van der Waals surface area contributed by atoms with E-state index in [1.54, 1.807) is 36.4 Å². The molecule has 0 spiro atoms. The Morgan fingerprint density at radius 2 is 1.35 bits per heavy atom. The van der Waals surface area contributed by atoms with Crippen molar-refractivity contribution in [3.05, 3.63) is 105 Å². The molecule has 0 aliphatic rings. The molecule has 4 rings (SSSR count). The smallest absolute Gasteiger partial charge is 0.214 e. The van der Waals surface area contributed by atoms with E-state index >= 15 is 0 Å². The Bertz CT molecular complexity index is 1230. The Hall–Kier alpha value is -2.66. The van der Waals surface area contributed by atoms with Crippen LogP contribution in [0, 0.1) is 11.6 Å². The molecule has 1 heterocycles.